The minimum absolute atomic E-state index is 0.0724. The molecule has 1 saturated heterocycles. The van der Waals surface area contributed by atoms with Gasteiger partial charge in [0.2, 0.25) is 11.8 Å². The Morgan fingerprint density at radius 1 is 1.40 bits per heavy atom. The van der Waals surface area contributed by atoms with E-state index in [1.807, 2.05) is 0 Å². The van der Waals surface area contributed by atoms with Crippen LogP contribution in [0.15, 0.2) is 41.1 Å². The normalized spacial score (nSPS) is 22.0. The lowest BCUT2D eigenvalue weighted by molar-refractivity contribution is -0.161. The number of urea groups is 1. The van der Waals surface area contributed by atoms with Crippen LogP contribution in [0.1, 0.15) is 6.42 Å². The Kier molecular flexibility index (Phi) is 6.25. The molecule has 0 bridgehead atoms. The van der Waals surface area contributed by atoms with E-state index in [4.69, 9.17) is 16.3 Å². The van der Waals surface area contributed by atoms with Gasteiger partial charge >= 0.3 is 12.2 Å². The van der Waals surface area contributed by atoms with Crippen molar-refractivity contribution in [2.45, 2.75) is 18.6 Å². The zero-order chi connectivity index (χ0) is 22.1. The highest BCUT2D eigenvalue weighted by Gasteiger charge is 2.43. The summed E-state index contributed by atoms with van der Waals surface area (Å²) in [7, 11) is 2.95. The van der Waals surface area contributed by atoms with E-state index in [9.17, 15) is 22.8 Å². The Hall–Kier alpha value is -2.75. The van der Waals surface area contributed by atoms with Crippen LogP contribution in [0.3, 0.4) is 0 Å². The Labute approximate surface area is 176 Å². The van der Waals surface area contributed by atoms with Gasteiger partial charge in [0, 0.05) is 24.7 Å². The number of nitrogens with one attached hydrogen (secondary N) is 1. The monoisotopic (exact) mass is 444 g/mol. The lowest BCUT2D eigenvalue weighted by atomic mass is 9.95. The molecule has 1 aromatic rings. The van der Waals surface area contributed by atoms with E-state index in [-0.39, 0.29) is 30.1 Å². The van der Waals surface area contributed by atoms with Gasteiger partial charge in [-0.15, -0.1) is 0 Å². The van der Waals surface area contributed by atoms with Gasteiger partial charge in [0.1, 0.15) is 6.04 Å². The van der Waals surface area contributed by atoms with Crippen LogP contribution in [0.2, 0.25) is 0 Å². The van der Waals surface area contributed by atoms with Gasteiger partial charge in [-0.25, -0.2) is 9.78 Å². The lowest BCUT2D eigenvalue weighted by Crippen LogP contribution is -2.44. The van der Waals surface area contributed by atoms with E-state index in [1.54, 1.807) is 12.1 Å². The number of amides is 3. The van der Waals surface area contributed by atoms with Gasteiger partial charge in [-0.2, -0.15) is 13.2 Å². The van der Waals surface area contributed by atoms with Crippen molar-refractivity contribution in [2.75, 3.05) is 32.1 Å². The second-order valence-electron chi connectivity index (χ2n) is 6.90. The highest BCUT2D eigenvalue weighted by atomic mass is 35.5. The number of likely N-dealkylation sites (N-methyl/N-ethyl adjacent to an activating group) is 1. The van der Waals surface area contributed by atoms with Gasteiger partial charge in [0.25, 0.3) is 0 Å². The van der Waals surface area contributed by atoms with Crippen LogP contribution in [-0.2, 0) is 4.79 Å². The zero-order valence-electron chi connectivity index (χ0n) is 16.2. The van der Waals surface area contributed by atoms with Crippen molar-refractivity contribution in [3.05, 3.63) is 41.1 Å². The highest BCUT2D eigenvalue weighted by molar-refractivity contribution is 6.30. The van der Waals surface area contributed by atoms with Crippen molar-refractivity contribution in [1.82, 2.24) is 15.2 Å². The SMILES string of the molecule is COc1ccc(N2CC(C(=O)NCC3=C(Cl)C(C(F)(F)F)CC=C3)N(C)C2=O)cn1. The Bertz CT molecular complexity index is 886. The van der Waals surface area contributed by atoms with Gasteiger partial charge in [-0.3, -0.25) is 9.69 Å². The van der Waals surface area contributed by atoms with Crippen molar-refractivity contribution in [3.63, 3.8) is 0 Å². The van der Waals surface area contributed by atoms with Crippen LogP contribution in [0, 0.1) is 5.92 Å². The van der Waals surface area contributed by atoms with E-state index < -0.39 is 30.1 Å². The molecule has 0 aromatic carbocycles. The molecule has 2 unspecified atom stereocenters. The third-order valence-electron chi connectivity index (χ3n) is 5.05. The number of carbonyl (C=O) groups excluding carboxylic acids is 2. The number of hydrogen-bond acceptors (Lipinski definition) is 4. The standard InChI is InChI=1S/C19H20ClF3N4O3/c1-26-14(10-27(18(26)29)12-6-7-15(30-2)24-9-12)17(28)25-8-11-4-3-5-13(16(11)20)19(21,22)23/h3-4,6-7,9,13-14H,5,8,10H2,1-2H3,(H,25,28). The fraction of sp³-hybridized carbons (Fsp3) is 0.421. The van der Waals surface area contributed by atoms with E-state index in [1.165, 1.54) is 42.3 Å². The summed E-state index contributed by atoms with van der Waals surface area (Å²) in [5.41, 5.74) is 0.693. The largest absolute Gasteiger partial charge is 0.481 e. The van der Waals surface area contributed by atoms with Crippen LogP contribution < -0.4 is 15.0 Å². The van der Waals surface area contributed by atoms with Crippen molar-refractivity contribution in [2.24, 2.45) is 5.92 Å². The molecular formula is C19H20ClF3N4O3. The second kappa shape index (κ2) is 8.55. The topological polar surface area (TPSA) is 74.8 Å². The molecule has 162 valence electrons. The molecule has 0 saturated carbocycles. The first kappa shape index (κ1) is 21.9. The van der Waals surface area contributed by atoms with Gasteiger partial charge < -0.3 is 15.0 Å². The summed E-state index contributed by atoms with van der Waals surface area (Å²) in [6.45, 7) is -0.0909. The molecule has 2 heterocycles. The van der Waals surface area contributed by atoms with Crippen molar-refractivity contribution >= 4 is 29.2 Å². The predicted molar refractivity (Wildman–Crippen MR) is 104 cm³/mol. The number of anilines is 1. The molecule has 1 aromatic heterocycles. The minimum Gasteiger partial charge on any atom is -0.481 e. The summed E-state index contributed by atoms with van der Waals surface area (Å²) in [5, 5.41) is 2.26. The van der Waals surface area contributed by atoms with E-state index in [0.29, 0.717) is 11.6 Å². The fourth-order valence-electron chi connectivity index (χ4n) is 3.30. The summed E-state index contributed by atoms with van der Waals surface area (Å²) < 4.78 is 44.1. The smallest absolute Gasteiger partial charge is 0.396 e. The second-order valence-corrected chi connectivity index (χ2v) is 7.31. The summed E-state index contributed by atoms with van der Waals surface area (Å²) in [6.07, 6.45) is -0.370. The van der Waals surface area contributed by atoms with Crippen molar-refractivity contribution < 1.29 is 27.5 Å². The Balaban J connectivity index is 1.67. The number of ether oxygens (including phenoxy) is 1. The van der Waals surface area contributed by atoms with Crippen molar-refractivity contribution in [3.8, 4) is 5.88 Å². The highest BCUT2D eigenvalue weighted by Crippen LogP contribution is 2.40. The van der Waals surface area contributed by atoms with E-state index in [2.05, 4.69) is 10.3 Å². The fourth-order valence-corrected chi connectivity index (χ4v) is 3.64. The number of nitrogens with zero attached hydrogens (tertiary/aromatic N) is 3. The Morgan fingerprint density at radius 2 is 2.13 bits per heavy atom. The molecule has 1 aliphatic heterocycles. The third-order valence-corrected chi connectivity index (χ3v) is 5.56. The minimum atomic E-state index is -4.46. The number of alkyl halides is 3. The number of rotatable bonds is 5. The summed E-state index contributed by atoms with van der Waals surface area (Å²) in [6, 6.07) is 2.03. The number of methoxy groups -OCH3 is 1. The average Bonchev–Trinajstić information content (AvgIpc) is 3.01. The van der Waals surface area contributed by atoms with Crippen LogP contribution >= 0.6 is 11.6 Å². The van der Waals surface area contributed by atoms with Crippen LogP contribution in [0.25, 0.3) is 0 Å². The van der Waals surface area contributed by atoms with E-state index in [0.717, 1.165) is 0 Å². The maximum Gasteiger partial charge on any atom is 0.396 e. The molecule has 1 aliphatic carbocycles. The van der Waals surface area contributed by atoms with Gasteiger partial charge in [0.05, 0.1) is 31.5 Å². The molecule has 1 fully saturated rings. The molecule has 0 spiro atoms. The molecule has 2 atom stereocenters. The molecule has 11 heteroatoms. The molecule has 2 aliphatic rings. The summed E-state index contributed by atoms with van der Waals surface area (Å²) in [4.78, 5) is 31.9. The predicted octanol–water partition coefficient (Wildman–Crippen LogP) is 3.08. The first-order valence-electron chi connectivity index (χ1n) is 9.07. The van der Waals surface area contributed by atoms with Crippen LogP contribution in [0.5, 0.6) is 5.88 Å². The number of pyridine rings is 1. The molecule has 7 nitrogen and oxygen atoms in total. The maximum atomic E-state index is 13.1. The Morgan fingerprint density at radius 3 is 2.73 bits per heavy atom. The molecule has 1 N–H and O–H groups in total. The first-order valence-corrected chi connectivity index (χ1v) is 9.45. The molecular weight excluding hydrogens is 425 g/mol. The number of carbonyl (C=O) groups is 2. The quantitative estimate of drug-likeness (QED) is 0.757. The lowest BCUT2D eigenvalue weighted by Gasteiger charge is -2.24. The van der Waals surface area contributed by atoms with Crippen molar-refractivity contribution in [1.29, 1.82) is 0 Å². The molecule has 0 radical (unpaired) electrons. The maximum absolute atomic E-state index is 13.1. The van der Waals surface area contributed by atoms with Gasteiger partial charge in [-0.1, -0.05) is 23.8 Å². The molecule has 3 rings (SSSR count). The third kappa shape index (κ3) is 4.38. The van der Waals surface area contributed by atoms with E-state index >= 15 is 0 Å². The summed E-state index contributed by atoms with van der Waals surface area (Å²) >= 11 is 5.92. The number of allylic oxidation sites excluding steroid dienone is 2. The van der Waals surface area contributed by atoms with Crippen LogP contribution in [-0.4, -0.2) is 61.3 Å². The zero-order valence-corrected chi connectivity index (χ0v) is 17.0. The van der Waals surface area contributed by atoms with Crippen LogP contribution in [0.4, 0.5) is 23.7 Å². The molecule has 3 amide bonds. The number of halogens is 4. The van der Waals surface area contributed by atoms with Gasteiger partial charge in [-0.05, 0) is 18.1 Å². The number of hydrogen-bond donors (Lipinski definition) is 1. The first-order chi connectivity index (χ1) is 14.1. The summed E-state index contributed by atoms with van der Waals surface area (Å²) in [5.74, 6) is -1.88. The number of aromatic nitrogens is 1. The average molecular weight is 445 g/mol. The van der Waals surface area contributed by atoms with Gasteiger partial charge in [0.15, 0.2) is 0 Å². The molecule has 30 heavy (non-hydrogen) atoms.